The highest BCUT2D eigenvalue weighted by atomic mass is 16.7. The monoisotopic (exact) mass is 359 g/mol. The molecule has 1 fully saturated rings. The van der Waals surface area contributed by atoms with Crippen LogP contribution in [0.2, 0.25) is 0 Å². The maximum atomic E-state index is 12.4. The second-order valence-electron chi connectivity index (χ2n) is 7.33. The molecule has 1 aliphatic rings. The zero-order valence-corrected chi connectivity index (χ0v) is 15.6. The van der Waals surface area contributed by atoms with Crippen LogP contribution >= 0.6 is 0 Å². The van der Waals surface area contributed by atoms with E-state index in [4.69, 9.17) is 14.8 Å². The third-order valence-corrected chi connectivity index (χ3v) is 4.10. The fraction of sp³-hybridized carbons (Fsp3) is 0.526. The number of nitrogens with zero attached hydrogens (tertiary/aromatic N) is 3. The molecule has 1 aromatic carbocycles. The van der Waals surface area contributed by atoms with Gasteiger partial charge >= 0.3 is 12.1 Å². The Morgan fingerprint density at radius 1 is 1.31 bits per heavy atom. The van der Waals surface area contributed by atoms with Crippen LogP contribution in [0.4, 0.5) is 4.79 Å². The van der Waals surface area contributed by atoms with Crippen LogP contribution < -0.4 is 0 Å². The summed E-state index contributed by atoms with van der Waals surface area (Å²) >= 11 is 0. The van der Waals surface area contributed by atoms with Crippen LogP contribution in [-0.4, -0.2) is 53.3 Å². The fourth-order valence-electron chi connectivity index (χ4n) is 2.83. The molecule has 1 saturated heterocycles. The zero-order valence-electron chi connectivity index (χ0n) is 15.6. The predicted octanol–water partition coefficient (Wildman–Crippen LogP) is 2.98. The van der Waals surface area contributed by atoms with E-state index in [1.807, 2.05) is 6.07 Å². The Bertz CT molecular complexity index is 678. The summed E-state index contributed by atoms with van der Waals surface area (Å²) in [5.41, 5.74) is -0.159. The number of carbonyl (C=O) groups excluding carboxylic acids is 2. The number of hydrogen-bond acceptors (Lipinski definition) is 6. The van der Waals surface area contributed by atoms with Gasteiger partial charge in [-0.3, -0.25) is 0 Å². The Balaban J connectivity index is 2.02. The molecule has 7 nitrogen and oxygen atoms in total. The first-order valence-corrected chi connectivity index (χ1v) is 8.58. The van der Waals surface area contributed by atoms with Gasteiger partial charge in [0.05, 0.1) is 24.1 Å². The summed E-state index contributed by atoms with van der Waals surface area (Å²) in [5, 5.41) is 10.5. The standard InChI is InChI=1S/C19H25N3O4/c1-19(2,3)25-18(24)22-13-16(12-15(22)10-11-20)21(4)26-17(23)14-8-6-5-7-9-14/h5-9,15-16H,10,12-13H2,1-4H3/t15-,16+/m0/s1. The molecule has 140 valence electrons. The Kier molecular flexibility index (Phi) is 6.22. The van der Waals surface area contributed by atoms with E-state index in [9.17, 15) is 9.59 Å². The van der Waals surface area contributed by atoms with Crippen molar-refractivity contribution in [3.63, 3.8) is 0 Å². The molecular formula is C19H25N3O4. The summed E-state index contributed by atoms with van der Waals surface area (Å²) in [6.07, 6.45) is 0.282. The van der Waals surface area contributed by atoms with Crippen molar-refractivity contribution in [3.8, 4) is 6.07 Å². The van der Waals surface area contributed by atoms with E-state index >= 15 is 0 Å². The number of amides is 1. The first kappa shape index (κ1) is 19.7. The van der Waals surface area contributed by atoms with Crippen LogP contribution in [0, 0.1) is 11.3 Å². The molecule has 1 amide bonds. The van der Waals surface area contributed by atoms with Gasteiger partial charge in [0.2, 0.25) is 0 Å². The molecule has 1 aliphatic heterocycles. The van der Waals surface area contributed by atoms with Crippen LogP contribution in [0.25, 0.3) is 0 Å². The van der Waals surface area contributed by atoms with Crippen molar-refractivity contribution < 1.29 is 19.2 Å². The van der Waals surface area contributed by atoms with Crippen molar-refractivity contribution in [2.45, 2.75) is 51.3 Å². The van der Waals surface area contributed by atoms with Crippen molar-refractivity contribution in [1.29, 1.82) is 5.26 Å². The van der Waals surface area contributed by atoms with Crippen molar-refractivity contribution >= 4 is 12.1 Å². The number of nitriles is 1. The number of hydroxylamine groups is 2. The number of ether oxygens (including phenoxy) is 1. The average molecular weight is 359 g/mol. The number of likely N-dealkylation sites (tertiary alicyclic amines) is 1. The van der Waals surface area contributed by atoms with E-state index in [1.54, 1.807) is 57.0 Å². The van der Waals surface area contributed by atoms with Gasteiger partial charge in [-0.1, -0.05) is 18.2 Å². The van der Waals surface area contributed by atoms with Crippen LogP contribution in [-0.2, 0) is 9.57 Å². The first-order chi connectivity index (χ1) is 12.2. The SMILES string of the molecule is CN(OC(=O)c1ccccc1)[C@@H]1C[C@H](CC#N)N(C(=O)OC(C)(C)C)C1. The lowest BCUT2D eigenvalue weighted by Crippen LogP contribution is -2.41. The van der Waals surface area contributed by atoms with Crippen molar-refractivity contribution in [3.05, 3.63) is 35.9 Å². The number of likely N-dealkylation sites (N-methyl/N-ethyl adjacent to an activating group) is 1. The minimum absolute atomic E-state index is 0.200. The Morgan fingerprint density at radius 2 is 1.96 bits per heavy atom. The minimum atomic E-state index is -0.613. The van der Waals surface area contributed by atoms with Crippen LogP contribution in [0.5, 0.6) is 0 Å². The first-order valence-electron chi connectivity index (χ1n) is 8.58. The van der Waals surface area contributed by atoms with E-state index in [0.29, 0.717) is 18.5 Å². The topological polar surface area (TPSA) is 82.9 Å². The summed E-state index contributed by atoms with van der Waals surface area (Å²) in [6, 6.07) is 10.3. The van der Waals surface area contributed by atoms with Gasteiger partial charge in [-0.25, -0.2) is 9.59 Å². The minimum Gasteiger partial charge on any atom is -0.444 e. The molecule has 0 radical (unpaired) electrons. The third kappa shape index (κ3) is 5.20. The number of hydrogen-bond donors (Lipinski definition) is 0. The predicted molar refractivity (Wildman–Crippen MR) is 95.0 cm³/mol. The molecule has 1 heterocycles. The molecule has 0 bridgehead atoms. The summed E-state index contributed by atoms with van der Waals surface area (Å²) in [7, 11) is 1.66. The van der Waals surface area contributed by atoms with Gasteiger partial charge in [0.25, 0.3) is 0 Å². The lowest BCUT2D eigenvalue weighted by molar-refractivity contribution is -0.115. The lowest BCUT2D eigenvalue weighted by Gasteiger charge is -2.28. The van der Waals surface area contributed by atoms with Crippen molar-refractivity contribution in [2.75, 3.05) is 13.6 Å². The summed E-state index contributed by atoms with van der Waals surface area (Å²) < 4.78 is 5.43. The lowest BCUT2D eigenvalue weighted by atomic mass is 10.1. The molecule has 0 aliphatic carbocycles. The molecule has 26 heavy (non-hydrogen) atoms. The van der Waals surface area contributed by atoms with Gasteiger partial charge in [0.1, 0.15) is 5.60 Å². The molecule has 0 saturated carbocycles. The second kappa shape index (κ2) is 8.19. The fourth-order valence-corrected chi connectivity index (χ4v) is 2.83. The number of carbonyl (C=O) groups is 2. The molecule has 1 aromatic rings. The molecule has 0 aromatic heterocycles. The highest BCUT2D eigenvalue weighted by Gasteiger charge is 2.40. The highest BCUT2D eigenvalue weighted by molar-refractivity contribution is 5.89. The molecule has 2 rings (SSSR count). The van der Waals surface area contributed by atoms with Gasteiger partial charge in [-0.2, -0.15) is 5.26 Å². The molecule has 0 unspecified atom stereocenters. The van der Waals surface area contributed by atoms with E-state index in [2.05, 4.69) is 6.07 Å². The maximum Gasteiger partial charge on any atom is 0.410 e. The van der Waals surface area contributed by atoms with Crippen molar-refractivity contribution in [1.82, 2.24) is 9.96 Å². The van der Waals surface area contributed by atoms with Crippen molar-refractivity contribution in [2.24, 2.45) is 0 Å². The Labute approximate surface area is 154 Å². The van der Waals surface area contributed by atoms with Gasteiger partial charge in [-0.15, -0.1) is 5.06 Å². The Hall–Kier alpha value is -2.59. The maximum absolute atomic E-state index is 12.4. The third-order valence-electron chi connectivity index (χ3n) is 4.10. The normalized spacial score (nSPS) is 19.9. The molecule has 0 N–H and O–H groups in total. The number of benzene rings is 1. The van der Waals surface area contributed by atoms with E-state index < -0.39 is 17.7 Å². The summed E-state index contributed by atoms with van der Waals surface area (Å²) in [5.74, 6) is -0.458. The van der Waals surface area contributed by atoms with Gasteiger partial charge in [0.15, 0.2) is 0 Å². The van der Waals surface area contributed by atoms with Crippen LogP contribution in [0.3, 0.4) is 0 Å². The molecule has 0 spiro atoms. The highest BCUT2D eigenvalue weighted by Crippen LogP contribution is 2.26. The summed E-state index contributed by atoms with van der Waals surface area (Å²) in [6.45, 7) is 5.72. The van der Waals surface area contributed by atoms with Gasteiger partial charge in [0, 0.05) is 19.6 Å². The van der Waals surface area contributed by atoms with Gasteiger partial charge < -0.3 is 14.5 Å². The quantitative estimate of drug-likeness (QED) is 0.769. The van der Waals surface area contributed by atoms with Crippen LogP contribution in [0.1, 0.15) is 44.0 Å². The molecule has 7 heteroatoms. The molecule has 2 atom stereocenters. The smallest absolute Gasteiger partial charge is 0.410 e. The average Bonchev–Trinajstić information content (AvgIpc) is 2.99. The summed E-state index contributed by atoms with van der Waals surface area (Å²) in [4.78, 5) is 31.6. The largest absolute Gasteiger partial charge is 0.444 e. The Morgan fingerprint density at radius 3 is 2.54 bits per heavy atom. The second-order valence-corrected chi connectivity index (χ2v) is 7.33. The van der Waals surface area contributed by atoms with Gasteiger partial charge in [-0.05, 0) is 39.3 Å². The van der Waals surface area contributed by atoms with E-state index in [-0.39, 0.29) is 18.5 Å². The zero-order chi connectivity index (χ0) is 19.3. The number of rotatable bonds is 4. The molecular weight excluding hydrogens is 334 g/mol. The van der Waals surface area contributed by atoms with E-state index in [1.165, 1.54) is 5.06 Å². The van der Waals surface area contributed by atoms with Crippen LogP contribution in [0.15, 0.2) is 30.3 Å². The van der Waals surface area contributed by atoms with E-state index in [0.717, 1.165) is 0 Å².